The summed E-state index contributed by atoms with van der Waals surface area (Å²) >= 11 is 0. The number of likely N-dealkylation sites (N-methyl/N-ethyl adjacent to an activating group) is 2. The summed E-state index contributed by atoms with van der Waals surface area (Å²) in [4.78, 5) is 1.91. The van der Waals surface area contributed by atoms with Gasteiger partial charge in [0.1, 0.15) is 0 Å². The third-order valence-corrected chi connectivity index (χ3v) is 2.55. The number of alkyl halides is 3. The van der Waals surface area contributed by atoms with Crippen molar-refractivity contribution < 1.29 is 13.2 Å². The number of hydrogen-bond donors (Lipinski definition) is 1. The second kappa shape index (κ2) is 5.91. The molecule has 96 valence electrons. The van der Waals surface area contributed by atoms with Crippen LogP contribution in [0.25, 0.3) is 0 Å². The fraction of sp³-hybridized carbons (Fsp3) is 0.500. The molecule has 0 aromatic heterocycles. The first kappa shape index (κ1) is 13.8. The number of nitrogens with zero attached hydrogens (tertiary/aromatic N) is 1. The molecule has 0 bridgehead atoms. The van der Waals surface area contributed by atoms with Gasteiger partial charge in [0.2, 0.25) is 0 Å². The minimum absolute atomic E-state index is 0.599. The van der Waals surface area contributed by atoms with E-state index < -0.39 is 11.7 Å². The number of anilines is 1. The predicted molar refractivity (Wildman–Crippen MR) is 63.3 cm³/mol. The van der Waals surface area contributed by atoms with Gasteiger partial charge in [0.05, 0.1) is 5.56 Å². The maximum absolute atomic E-state index is 12.6. The van der Waals surface area contributed by atoms with Crippen LogP contribution in [0.2, 0.25) is 0 Å². The average Bonchev–Trinajstić information content (AvgIpc) is 2.29. The maximum atomic E-state index is 12.6. The van der Waals surface area contributed by atoms with Gasteiger partial charge in [-0.25, -0.2) is 0 Å². The summed E-state index contributed by atoms with van der Waals surface area (Å²) in [6.45, 7) is 4.04. The number of rotatable bonds is 5. The quantitative estimate of drug-likeness (QED) is 0.859. The zero-order valence-electron chi connectivity index (χ0n) is 10.0. The van der Waals surface area contributed by atoms with E-state index in [-0.39, 0.29) is 0 Å². The largest absolute Gasteiger partial charge is 0.416 e. The van der Waals surface area contributed by atoms with E-state index in [0.717, 1.165) is 12.6 Å². The van der Waals surface area contributed by atoms with Gasteiger partial charge in [-0.1, -0.05) is 6.07 Å². The minimum atomic E-state index is -4.28. The molecule has 0 aliphatic heterocycles. The lowest BCUT2D eigenvalue weighted by Crippen LogP contribution is -2.30. The molecule has 0 aliphatic carbocycles. The summed E-state index contributed by atoms with van der Waals surface area (Å²) in [5, 5.41) is 2.98. The van der Waals surface area contributed by atoms with E-state index in [1.54, 1.807) is 6.07 Å². The molecule has 0 spiro atoms. The van der Waals surface area contributed by atoms with E-state index in [0.29, 0.717) is 18.8 Å². The molecule has 0 radical (unpaired) electrons. The Morgan fingerprint density at radius 2 is 2.00 bits per heavy atom. The van der Waals surface area contributed by atoms with E-state index in [2.05, 4.69) is 5.32 Å². The van der Waals surface area contributed by atoms with Gasteiger partial charge in [-0.15, -0.1) is 0 Å². The molecule has 0 unspecified atom stereocenters. The van der Waals surface area contributed by atoms with Crippen LogP contribution >= 0.6 is 0 Å². The van der Waals surface area contributed by atoms with Gasteiger partial charge in [-0.05, 0) is 32.2 Å². The molecule has 5 heteroatoms. The second-order valence-corrected chi connectivity index (χ2v) is 3.73. The Bertz CT molecular complexity index is 350. The first-order chi connectivity index (χ1) is 7.99. The van der Waals surface area contributed by atoms with Crippen molar-refractivity contribution in [2.75, 3.05) is 31.6 Å². The van der Waals surface area contributed by atoms with Crippen LogP contribution in [0.4, 0.5) is 18.9 Å². The topological polar surface area (TPSA) is 15.3 Å². The van der Waals surface area contributed by atoms with Crippen molar-refractivity contribution in [3.05, 3.63) is 29.8 Å². The SMILES string of the molecule is CCN(CCNC)c1cccc(C(F)(F)F)c1. The van der Waals surface area contributed by atoms with Crippen LogP contribution in [0.5, 0.6) is 0 Å². The monoisotopic (exact) mass is 246 g/mol. The lowest BCUT2D eigenvalue weighted by molar-refractivity contribution is -0.137. The van der Waals surface area contributed by atoms with Crippen LogP contribution in [0.3, 0.4) is 0 Å². The molecule has 1 N–H and O–H groups in total. The van der Waals surface area contributed by atoms with Crippen LogP contribution in [-0.4, -0.2) is 26.7 Å². The smallest absolute Gasteiger partial charge is 0.371 e. The molecule has 0 fully saturated rings. The molecule has 0 saturated carbocycles. The van der Waals surface area contributed by atoms with Crippen LogP contribution in [0, 0.1) is 0 Å². The molecule has 0 amide bonds. The van der Waals surface area contributed by atoms with Gasteiger partial charge in [0, 0.05) is 25.3 Å². The van der Waals surface area contributed by atoms with E-state index >= 15 is 0 Å². The van der Waals surface area contributed by atoms with Gasteiger partial charge >= 0.3 is 6.18 Å². The molecule has 0 heterocycles. The van der Waals surface area contributed by atoms with E-state index in [1.165, 1.54) is 12.1 Å². The highest BCUT2D eigenvalue weighted by molar-refractivity contribution is 5.49. The molecule has 1 aromatic rings. The Morgan fingerprint density at radius 1 is 1.29 bits per heavy atom. The maximum Gasteiger partial charge on any atom is 0.416 e. The van der Waals surface area contributed by atoms with Crippen molar-refractivity contribution in [1.82, 2.24) is 5.32 Å². The molecular weight excluding hydrogens is 229 g/mol. The zero-order valence-corrected chi connectivity index (χ0v) is 10.0. The summed E-state index contributed by atoms with van der Waals surface area (Å²) in [5.41, 5.74) is 0.00971. The van der Waals surface area contributed by atoms with Crippen LogP contribution < -0.4 is 10.2 Å². The Kier molecular flexibility index (Phi) is 4.81. The lowest BCUT2D eigenvalue weighted by atomic mass is 10.2. The number of benzene rings is 1. The van der Waals surface area contributed by atoms with Gasteiger partial charge in [0.15, 0.2) is 0 Å². The fourth-order valence-electron chi connectivity index (χ4n) is 1.60. The minimum Gasteiger partial charge on any atom is -0.371 e. The molecule has 17 heavy (non-hydrogen) atoms. The van der Waals surface area contributed by atoms with Crippen molar-refractivity contribution >= 4 is 5.69 Å². The summed E-state index contributed by atoms with van der Waals surface area (Å²) in [6, 6.07) is 5.43. The molecule has 0 saturated heterocycles. The number of halogens is 3. The summed E-state index contributed by atoms with van der Waals surface area (Å²) in [7, 11) is 1.82. The summed E-state index contributed by atoms with van der Waals surface area (Å²) in [6.07, 6.45) is -4.28. The highest BCUT2D eigenvalue weighted by Crippen LogP contribution is 2.31. The molecule has 0 atom stereocenters. The van der Waals surface area contributed by atoms with Gasteiger partial charge in [-0.2, -0.15) is 13.2 Å². The molecular formula is C12H17F3N2. The van der Waals surface area contributed by atoms with Crippen molar-refractivity contribution in [2.45, 2.75) is 13.1 Å². The number of hydrogen-bond acceptors (Lipinski definition) is 2. The zero-order chi connectivity index (χ0) is 12.9. The van der Waals surface area contributed by atoms with Crippen LogP contribution in [0.15, 0.2) is 24.3 Å². The molecule has 1 rings (SSSR count). The third-order valence-electron chi connectivity index (χ3n) is 2.55. The van der Waals surface area contributed by atoms with E-state index in [1.807, 2.05) is 18.9 Å². The van der Waals surface area contributed by atoms with Gasteiger partial charge in [0.25, 0.3) is 0 Å². The molecule has 0 aliphatic rings. The Morgan fingerprint density at radius 3 is 2.53 bits per heavy atom. The third kappa shape index (κ3) is 3.93. The average molecular weight is 246 g/mol. The van der Waals surface area contributed by atoms with Crippen LogP contribution in [-0.2, 0) is 6.18 Å². The number of nitrogens with one attached hydrogen (secondary N) is 1. The Hall–Kier alpha value is -1.23. The highest BCUT2D eigenvalue weighted by Gasteiger charge is 2.30. The van der Waals surface area contributed by atoms with Crippen LogP contribution in [0.1, 0.15) is 12.5 Å². The van der Waals surface area contributed by atoms with Gasteiger partial charge in [-0.3, -0.25) is 0 Å². The standard InChI is InChI=1S/C12H17F3N2/c1-3-17(8-7-16-2)11-6-4-5-10(9-11)12(13,14)15/h4-6,9,16H,3,7-8H2,1-2H3. The first-order valence-electron chi connectivity index (χ1n) is 5.56. The van der Waals surface area contributed by atoms with Crippen molar-refractivity contribution in [2.24, 2.45) is 0 Å². The molecule has 2 nitrogen and oxygen atoms in total. The second-order valence-electron chi connectivity index (χ2n) is 3.73. The summed E-state index contributed by atoms with van der Waals surface area (Å²) < 4.78 is 37.7. The van der Waals surface area contributed by atoms with Crippen molar-refractivity contribution in [1.29, 1.82) is 0 Å². The molecule has 1 aromatic carbocycles. The predicted octanol–water partition coefficient (Wildman–Crippen LogP) is 2.75. The van der Waals surface area contributed by atoms with Crippen molar-refractivity contribution in [3.63, 3.8) is 0 Å². The van der Waals surface area contributed by atoms with Gasteiger partial charge < -0.3 is 10.2 Å². The summed E-state index contributed by atoms with van der Waals surface area (Å²) in [5.74, 6) is 0. The first-order valence-corrected chi connectivity index (χ1v) is 5.56. The Balaban J connectivity index is 2.89. The fourth-order valence-corrected chi connectivity index (χ4v) is 1.60. The lowest BCUT2D eigenvalue weighted by Gasteiger charge is -2.23. The normalized spacial score (nSPS) is 11.6. The Labute approximate surface area is 99.4 Å². The van der Waals surface area contributed by atoms with Crippen molar-refractivity contribution in [3.8, 4) is 0 Å². The highest BCUT2D eigenvalue weighted by atomic mass is 19.4. The van der Waals surface area contributed by atoms with E-state index in [9.17, 15) is 13.2 Å². The van der Waals surface area contributed by atoms with E-state index in [4.69, 9.17) is 0 Å².